The summed E-state index contributed by atoms with van der Waals surface area (Å²) in [5, 5.41) is 13.0. The molecule has 0 fully saturated rings. The summed E-state index contributed by atoms with van der Waals surface area (Å²) in [6, 6.07) is 73.8. The monoisotopic (exact) mass is 727 g/mol. The van der Waals surface area contributed by atoms with Crippen LogP contribution in [0, 0.1) is 0 Å². The number of hydrogen-bond acceptors (Lipinski definition) is 1. The molecule has 2 heterocycles. The average molecular weight is 728 g/mol. The van der Waals surface area contributed by atoms with Crippen molar-refractivity contribution in [3.8, 4) is 39.1 Å². The lowest BCUT2D eigenvalue weighted by Crippen LogP contribution is -1.94. The Bertz CT molecular complexity index is 3480. The maximum absolute atomic E-state index is 2.47. The summed E-state index contributed by atoms with van der Waals surface area (Å²) >= 11 is 1.91. The second kappa shape index (κ2) is 12.3. The minimum Gasteiger partial charge on any atom is -0.309 e. The summed E-state index contributed by atoms with van der Waals surface area (Å²) in [5.74, 6) is 0. The quantitative estimate of drug-likeness (QED) is 0.159. The number of fused-ring (bicyclic) bond motifs is 13. The fraction of sp³-hybridized carbons (Fsp3) is 0. The molecule has 0 aliphatic heterocycles. The van der Waals surface area contributed by atoms with Crippen LogP contribution in [-0.4, -0.2) is 4.57 Å². The fourth-order valence-corrected chi connectivity index (χ4v) is 10.5. The van der Waals surface area contributed by atoms with Gasteiger partial charge in [0, 0.05) is 36.6 Å². The van der Waals surface area contributed by atoms with Crippen molar-refractivity contribution in [1.82, 2.24) is 4.57 Å². The smallest absolute Gasteiger partial charge is 0.0555 e. The molecule has 0 saturated carbocycles. The summed E-state index contributed by atoms with van der Waals surface area (Å²) in [6.07, 6.45) is 0. The van der Waals surface area contributed by atoms with E-state index >= 15 is 0 Å². The molecule has 0 unspecified atom stereocenters. The van der Waals surface area contributed by atoms with E-state index in [1.54, 1.807) is 0 Å². The summed E-state index contributed by atoms with van der Waals surface area (Å²) in [7, 11) is 0. The van der Waals surface area contributed by atoms with Crippen molar-refractivity contribution >= 4 is 85.6 Å². The number of benzene rings is 10. The van der Waals surface area contributed by atoms with E-state index in [1.807, 2.05) is 11.3 Å². The Morgan fingerprint density at radius 3 is 1.61 bits per heavy atom. The van der Waals surface area contributed by atoms with Crippen LogP contribution < -0.4 is 0 Å². The molecular weight excluding hydrogens is 695 g/mol. The topological polar surface area (TPSA) is 4.93 Å². The van der Waals surface area contributed by atoms with E-state index in [9.17, 15) is 0 Å². The van der Waals surface area contributed by atoms with Gasteiger partial charge in [0.25, 0.3) is 0 Å². The van der Waals surface area contributed by atoms with Crippen LogP contribution in [0.15, 0.2) is 200 Å². The first-order valence-corrected chi connectivity index (χ1v) is 20.1. The molecule has 0 spiro atoms. The highest BCUT2D eigenvalue weighted by Gasteiger charge is 2.21. The molecule has 10 aromatic carbocycles. The van der Waals surface area contributed by atoms with Crippen molar-refractivity contribution in [3.05, 3.63) is 200 Å². The van der Waals surface area contributed by atoms with Gasteiger partial charge in [-0.25, -0.2) is 0 Å². The molecule has 12 rings (SSSR count). The normalized spacial score (nSPS) is 11.9. The summed E-state index contributed by atoms with van der Waals surface area (Å²) < 4.78 is 5.13. The summed E-state index contributed by atoms with van der Waals surface area (Å²) in [6.45, 7) is 0. The Balaban J connectivity index is 1.06. The van der Waals surface area contributed by atoms with Crippen molar-refractivity contribution in [2.24, 2.45) is 0 Å². The van der Waals surface area contributed by atoms with Gasteiger partial charge in [-0.3, -0.25) is 0 Å². The molecule has 0 atom stereocenters. The lowest BCUT2D eigenvalue weighted by atomic mass is 9.91. The first-order valence-electron chi connectivity index (χ1n) is 19.3. The van der Waals surface area contributed by atoms with E-state index in [4.69, 9.17) is 0 Å². The molecule has 0 aliphatic rings. The van der Waals surface area contributed by atoms with Gasteiger partial charge in [0.2, 0.25) is 0 Å². The molecule has 2 heteroatoms. The molecule has 0 N–H and O–H groups in total. The molecule has 260 valence electrons. The maximum Gasteiger partial charge on any atom is 0.0555 e. The molecular formula is C54H33NS. The molecule has 56 heavy (non-hydrogen) atoms. The highest BCUT2D eigenvalue weighted by molar-refractivity contribution is 7.26. The molecule has 0 aliphatic carbocycles. The third-order valence-corrected chi connectivity index (χ3v) is 13.0. The Labute approximate surface area is 327 Å². The van der Waals surface area contributed by atoms with Crippen molar-refractivity contribution in [2.45, 2.75) is 0 Å². The van der Waals surface area contributed by atoms with E-state index in [0.717, 1.165) is 5.69 Å². The Morgan fingerprint density at radius 1 is 0.304 bits per heavy atom. The van der Waals surface area contributed by atoms with Gasteiger partial charge in [-0.1, -0.05) is 164 Å². The van der Waals surface area contributed by atoms with Crippen molar-refractivity contribution in [2.75, 3.05) is 0 Å². The van der Waals surface area contributed by atoms with Gasteiger partial charge < -0.3 is 4.57 Å². The Hall–Kier alpha value is -7.00. The zero-order valence-corrected chi connectivity index (χ0v) is 31.2. The van der Waals surface area contributed by atoms with Gasteiger partial charge in [-0.2, -0.15) is 0 Å². The number of hydrogen-bond donors (Lipinski definition) is 0. The van der Waals surface area contributed by atoms with Crippen LogP contribution in [0.5, 0.6) is 0 Å². The summed E-state index contributed by atoms with van der Waals surface area (Å²) in [4.78, 5) is 0. The number of aromatic nitrogens is 1. The molecule has 1 nitrogen and oxygen atoms in total. The first kappa shape index (κ1) is 31.4. The second-order valence-corrected chi connectivity index (χ2v) is 15.9. The Kier molecular flexibility index (Phi) is 6.87. The lowest BCUT2D eigenvalue weighted by molar-refractivity contribution is 1.18. The van der Waals surface area contributed by atoms with Crippen LogP contribution in [0.3, 0.4) is 0 Å². The number of rotatable bonds is 4. The molecule has 2 aromatic heterocycles. The molecule has 0 saturated heterocycles. The predicted octanol–water partition coefficient (Wildman–Crippen LogP) is 15.6. The SMILES string of the molecule is c1ccc(-c2cccc(-n3c4cccc(-c5ccc(-c6ccc7c8ccccc8c8ccccc8c7c6)cc5)c4c4c5sc6ccccc6c5ccc43)c2)cc1. The summed E-state index contributed by atoms with van der Waals surface area (Å²) in [5.41, 5.74) is 10.9. The zero-order chi connectivity index (χ0) is 36.7. The number of thiophene rings is 1. The minimum atomic E-state index is 1.16. The van der Waals surface area contributed by atoms with Gasteiger partial charge in [0.1, 0.15) is 0 Å². The number of nitrogens with zero attached hydrogens (tertiary/aromatic N) is 1. The van der Waals surface area contributed by atoms with Gasteiger partial charge in [-0.15, -0.1) is 11.3 Å². The molecule has 12 aromatic rings. The van der Waals surface area contributed by atoms with E-state index in [-0.39, 0.29) is 0 Å². The van der Waals surface area contributed by atoms with Gasteiger partial charge in [0.15, 0.2) is 0 Å². The van der Waals surface area contributed by atoms with E-state index in [1.165, 1.54) is 108 Å². The zero-order valence-electron chi connectivity index (χ0n) is 30.4. The van der Waals surface area contributed by atoms with E-state index in [2.05, 4.69) is 205 Å². The van der Waals surface area contributed by atoms with Gasteiger partial charge in [0.05, 0.1) is 11.0 Å². The second-order valence-electron chi connectivity index (χ2n) is 14.8. The van der Waals surface area contributed by atoms with Crippen LogP contribution in [0.4, 0.5) is 0 Å². The van der Waals surface area contributed by atoms with Crippen LogP contribution in [-0.2, 0) is 0 Å². The van der Waals surface area contributed by atoms with Crippen LogP contribution in [0.2, 0.25) is 0 Å². The van der Waals surface area contributed by atoms with Gasteiger partial charge >= 0.3 is 0 Å². The predicted molar refractivity (Wildman–Crippen MR) is 242 cm³/mol. The van der Waals surface area contributed by atoms with Gasteiger partial charge in [-0.05, 0) is 102 Å². The van der Waals surface area contributed by atoms with E-state index in [0.29, 0.717) is 0 Å². The third kappa shape index (κ3) is 4.67. The molecule has 0 radical (unpaired) electrons. The highest BCUT2D eigenvalue weighted by atomic mass is 32.1. The van der Waals surface area contributed by atoms with Crippen LogP contribution in [0.1, 0.15) is 0 Å². The Morgan fingerprint density at radius 2 is 0.839 bits per heavy atom. The first-order chi connectivity index (χ1) is 27.8. The van der Waals surface area contributed by atoms with Crippen LogP contribution >= 0.6 is 11.3 Å². The third-order valence-electron chi connectivity index (χ3n) is 11.8. The van der Waals surface area contributed by atoms with Crippen molar-refractivity contribution in [3.63, 3.8) is 0 Å². The van der Waals surface area contributed by atoms with Crippen molar-refractivity contribution in [1.29, 1.82) is 0 Å². The fourth-order valence-electron chi connectivity index (χ4n) is 9.23. The lowest BCUT2D eigenvalue weighted by Gasteiger charge is -2.12. The minimum absolute atomic E-state index is 1.16. The van der Waals surface area contributed by atoms with Crippen molar-refractivity contribution < 1.29 is 0 Å². The largest absolute Gasteiger partial charge is 0.309 e. The van der Waals surface area contributed by atoms with Crippen LogP contribution in [0.25, 0.3) is 113 Å². The molecule has 0 bridgehead atoms. The average Bonchev–Trinajstić information content (AvgIpc) is 3.83. The molecule has 0 amide bonds. The maximum atomic E-state index is 2.47. The van der Waals surface area contributed by atoms with E-state index < -0.39 is 0 Å². The standard InChI is InChI=1S/C54H33NS/c1-2-12-34(13-3-1)37-14-10-15-39(32-37)55-49-22-11-21-40(52(49)53-50(55)31-30-47-46-20-8-9-23-51(46)56-54(47)53)36-26-24-35(25-27-36)38-28-29-45-43-18-5-4-16-41(43)42-17-6-7-19-44(42)48(45)33-38/h1-33H. The highest BCUT2D eigenvalue weighted by Crippen LogP contribution is 2.46.